The van der Waals surface area contributed by atoms with Gasteiger partial charge in [-0.25, -0.2) is 17.8 Å². The number of rotatable bonds is 9. The van der Waals surface area contributed by atoms with Gasteiger partial charge in [-0.05, 0) is 54.6 Å². The third-order valence-electron chi connectivity index (χ3n) is 6.48. The summed E-state index contributed by atoms with van der Waals surface area (Å²) in [6, 6.07) is 17.2. The Labute approximate surface area is 242 Å². The van der Waals surface area contributed by atoms with Gasteiger partial charge in [0, 0.05) is 39.3 Å². The number of nitrogens with zero attached hydrogens (tertiary/aromatic N) is 3. The fourth-order valence-corrected chi connectivity index (χ4v) is 6.46. The van der Waals surface area contributed by atoms with Gasteiger partial charge in [0.2, 0.25) is 0 Å². The van der Waals surface area contributed by atoms with E-state index in [1.807, 2.05) is 0 Å². The molecule has 1 amide bonds. The standard InChI is InChI=1S/C27H28FN5O4S2.ClH/c1-37-20-7-9-21(10-8-20)39(35,36)31-23-5-3-2-4-22(23)26(34)29-12-13-32-14-16-33(17-15-32)27-30-24-11-6-19(28)18-25(24)38-27;/h2-11,18,31H,12-17H2,1H3,(H,29,34);1H. The van der Waals surface area contributed by atoms with E-state index in [0.29, 0.717) is 18.8 Å². The Morgan fingerprint density at radius 1 is 1.05 bits per heavy atom. The van der Waals surface area contributed by atoms with Gasteiger partial charge in [0.15, 0.2) is 5.13 Å². The van der Waals surface area contributed by atoms with Crippen molar-refractivity contribution in [3.05, 3.63) is 78.1 Å². The molecule has 13 heteroatoms. The zero-order valence-electron chi connectivity index (χ0n) is 21.7. The molecule has 1 fully saturated rings. The summed E-state index contributed by atoms with van der Waals surface area (Å²) in [6.45, 7) is 4.25. The SMILES string of the molecule is COc1ccc(S(=O)(=O)Nc2ccccc2C(=O)NCCN2CCN(c3nc4ccc(F)cc4s3)CC2)cc1.Cl. The molecule has 40 heavy (non-hydrogen) atoms. The number of hydrogen-bond donors (Lipinski definition) is 2. The van der Waals surface area contributed by atoms with Crippen molar-refractivity contribution in [3.8, 4) is 5.75 Å². The van der Waals surface area contributed by atoms with Crippen molar-refractivity contribution < 1.29 is 22.3 Å². The number of thiazole rings is 1. The molecule has 1 aliphatic heterocycles. The summed E-state index contributed by atoms with van der Waals surface area (Å²) in [5.41, 5.74) is 1.25. The van der Waals surface area contributed by atoms with E-state index in [2.05, 4.69) is 24.8 Å². The molecule has 3 aromatic carbocycles. The molecule has 4 aromatic rings. The van der Waals surface area contributed by atoms with Crippen molar-refractivity contribution in [1.29, 1.82) is 0 Å². The molecule has 0 unspecified atom stereocenters. The number of sulfonamides is 1. The first kappa shape index (κ1) is 29.5. The smallest absolute Gasteiger partial charge is 0.261 e. The molecule has 5 rings (SSSR count). The van der Waals surface area contributed by atoms with E-state index in [9.17, 15) is 17.6 Å². The highest BCUT2D eigenvalue weighted by molar-refractivity contribution is 7.92. The van der Waals surface area contributed by atoms with Crippen LogP contribution in [0.3, 0.4) is 0 Å². The lowest BCUT2D eigenvalue weighted by atomic mass is 10.1. The van der Waals surface area contributed by atoms with Crippen molar-refractivity contribution in [3.63, 3.8) is 0 Å². The first-order chi connectivity index (χ1) is 18.8. The Morgan fingerprint density at radius 2 is 1.77 bits per heavy atom. The minimum Gasteiger partial charge on any atom is -0.497 e. The number of aromatic nitrogens is 1. The second-order valence-corrected chi connectivity index (χ2v) is 11.7. The van der Waals surface area contributed by atoms with E-state index in [1.165, 1.54) is 42.7 Å². The van der Waals surface area contributed by atoms with E-state index in [-0.39, 0.29) is 40.3 Å². The lowest BCUT2D eigenvalue weighted by Gasteiger charge is -2.34. The van der Waals surface area contributed by atoms with Gasteiger partial charge in [-0.3, -0.25) is 14.4 Å². The van der Waals surface area contributed by atoms with E-state index in [4.69, 9.17) is 4.74 Å². The van der Waals surface area contributed by atoms with Gasteiger partial charge >= 0.3 is 0 Å². The van der Waals surface area contributed by atoms with Crippen LogP contribution in [0.25, 0.3) is 10.2 Å². The first-order valence-electron chi connectivity index (χ1n) is 12.4. The predicted octanol–water partition coefficient (Wildman–Crippen LogP) is 4.22. The number of nitrogens with one attached hydrogen (secondary N) is 2. The van der Waals surface area contributed by atoms with Crippen molar-refractivity contribution in [2.45, 2.75) is 4.90 Å². The van der Waals surface area contributed by atoms with Crippen LogP contribution in [-0.2, 0) is 10.0 Å². The monoisotopic (exact) mass is 605 g/mol. The summed E-state index contributed by atoms with van der Waals surface area (Å²) in [6.07, 6.45) is 0. The highest BCUT2D eigenvalue weighted by Gasteiger charge is 2.21. The summed E-state index contributed by atoms with van der Waals surface area (Å²) in [5, 5.41) is 3.79. The van der Waals surface area contributed by atoms with Crippen LogP contribution in [0.5, 0.6) is 5.75 Å². The maximum absolute atomic E-state index is 13.5. The number of piperazine rings is 1. The molecule has 0 atom stereocenters. The lowest BCUT2D eigenvalue weighted by molar-refractivity contribution is 0.0948. The van der Waals surface area contributed by atoms with Crippen LogP contribution in [0.2, 0.25) is 0 Å². The molecule has 0 bridgehead atoms. The Kier molecular flexibility index (Phi) is 9.46. The third kappa shape index (κ3) is 6.81. The second-order valence-electron chi connectivity index (χ2n) is 9.02. The van der Waals surface area contributed by atoms with Crippen molar-refractivity contribution in [1.82, 2.24) is 15.2 Å². The number of benzene rings is 3. The molecule has 2 heterocycles. The summed E-state index contributed by atoms with van der Waals surface area (Å²) < 4.78 is 47.7. The van der Waals surface area contributed by atoms with E-state index >= 15 is 0 Å². The van der Waals surface area contributed by atoms with Crippen LogP contribution in [-0.4, -0.2) is 70.6 Å². The largest absolute Gasteiger partial charge is 0.497 e. The molecule has 0 spiro atoms. The molecule has 2 N–H and O–H groups in total. The summed E-state index contributed by atoms with van der Waals surface area (Å²) in [5.74, 6) is -0.0752. The fourth-order valence-electron chi connectivity index (χ4n) is 4.34. The fraction of sp³-hybridized carbons (Fsp3) is 0.259. The van der Waals surface area contributed by atoms with Crippen LogP contribution in [0.15, 0.2) is 71.6 Å². The summed E-state index contributed by atoms with van der Waals surface area (Å²) >= 11 is 1.49. The number of hydrogen-bond acceptors (Lipinski definition) is 8. The van der Waals surface area contributed by atoms with Crippen LogP contribution in [0, 0.1) is 5.82 Å². The Bertz CT molecular complexity index is 1580. The molecule has 0 radical (unpaired) electrons. The molecule has 1 aromatic heterocycles. The third-order valence-corrected chi connectivity index (χ3v) is 8.94. The van der Waals surface area contributed by atoms with Crippen molar-refractivity contribution in [2.24, 2.45) is 0 Å². The van der Waals surface area contributed by atoms with Gasteiger partial charge in [-0.1, -0.05) is 23.5 Å². The highest BCUT2D eigenvalue weighted by Crippen LogP contribution is 2.30. The molecular weight excluding hydrogens is 577 g/mol. The minimum absolute atomic E-state index is 0. The van der Waals surface area contributed by atoms with E-state index < -0.39 is 10.0 Å². The van der Waals surface area contributed by atoms with E-state index in [1.54, 1.807) is 42.5 Å². The van der Waals surface area contributed by atoms with Crippen LogP contribution < -0.4 is 19.7 Å². The summed E-state index contributed by atoms with van der Waals surface area (Å²) in [7, 11) is -2.39. The second kappa shape index (κ2) is 12.8. The average Bonchev–Trinajstić information content (AvgIpc) is 3.37. The molecule has 9 nitrogen and oxygen atoms in total. The van der Waals surface area contributed by atoms with Gasteiger partial charge in [0.1, 0.15) is 11.6 Å². The molecule has 0 saturated carbocycles. The Hall–Kier alpha value is -3.45. The van der Waals surface area contributed by atoms with Crippen molar-refractivity contribution >= 4 is 60.7 Å². The minimum atomic E-state index is -3.89. The van der Waals surface area contributed by atoms with Gasteiger partial charge < -0.3 is 15.0 Å². The van der Waals surface area contributed by atoms with Gasteiger partial charge in [0.05, 0.1) is 33.5 Å². The number of carbonyl (C=O) groups excluding carboxylic acids is 1. The number of ether oxygens (including phenoxy) is 1. The van der Waals surface area contributed by atoms with Gasteiger partial charge in [0.25, 0.3) is 15.9 Å². The lowest BCUT2D eigenvalue weighted by Crippen LogP contribution is -2.48. The maximum Gasteiger partial charge on any atom is 0.261 e. The van der Waals surface area contributed by atoms with Crippen LogP contribution in [0.4, 0.5) is 15.2 Å². The number of fused-ring (bicyclic) bond motifs is 1. The molecule has 1 saturated heterocycles. The zero-order valence-corrected chi connectivity index (χ0v) is 24.1. The van der Waals surface area contributed by atoms with Crippen LogP contribution in [0.1, 0.15) is 10.4 Å². The topological polar surface area (TPSA) is 104 Å². The number of anilines is 2. The quantitative estimate of drug-likeness (QED) is 0.294. The zero-order chi connectivity index (χ0) is 27.4. The van der Waals surface area contributed by atoms with Crippen molar-refractivity contribution in [2.75, 3.05) is 56.0 Å². The van der Waals surface area contributed by atoms with E-state index in [0.717, 1.165) is 41.5 Å². The summed E-state index contributed by atoms with van der Waals surface area (Å²) in [4.78, 5) is 22.1. The number of methoxy groups -OCH3 is 1. The number of carbonyl (C=O) groups is 1. The Morgan fingerprint density at radius 3 is 2.50 bits per heavy atom. The number of halogens is 2. The van der Waals surface area contributed by atoms with Gasteiger partial charge in [-0.2, -0.15) is 0 Å². The molecular formula is C27H29ClFN5O4S2. The maximum atomic E-state index is 13.5. The highest BCUT2D eigenvalue weighted by atomic mass is 35.5. The predicted molar refractivity (Wildman–Crippen MR) is 158 cm³/mol. The number of amides is 1. The van der Waals surface area contributed by atoms with Crippen LogP contribution >= 0.6 is 23.7 Å². The van der Waals surface area contributed by atoms with Gasteiger partial charge in [-0.15, -0.1) is 12.4 Å². The molecule has 212 valence electrons. The average molecular weight is 606 g/mol. The molecule has 1 aliphatic rings. The molecule has 0 aliphatic carbocycles. The first-order valence-corrected chi connectivity index (χ1v) is 14.7. The Balaban J connectivity index is 0.00000370. The number of para-hydroxylation sites is 1. The normalized spacial score (nSPS) is 14.0.